The number of aliphatic imine (C=N–C) groups is 1. The normalized spacial score (nSPS) is 21.4. The van der Waals surface area contributed by atoms with E-state index in [1.165, 1.54) is 24.8 Å². The summed E-state index contributed by atoms with van der Waals surface area (Å²) in [6, 6.07) is 2.23. The summed E-state index contributed by atoms with van der Waals surface area (Å²) in [5.74, 6) is 1.56. The molecule has 0 N–H and O–H groups in total. The Kier molecular flexibility index (Phi) is 3.28. The van der Waals surface area contributed by atoms with Crippen molar-refractivity contribution < 1.29 is 0 Å². The predicted molar refractivity (Wildman–Crippen MR) is 65.0 cm³/mol. The summed E-state index contributed by atoms with van der Waals surface area (Å²) in [7, 11) is 0. The van der Waals surface area contributed by atoms with E-state index in [9.17, 15) is 0 Å². The van der Waals surface area contributed by atoms with Gasteiger partial charge < -0.3 is 4.90 Å². The van der Waals surface area contributed by atoms with E-state index in [-0.39, 0.29) is 0 Å². The number of allylic oxidation sites excluding steroid dienone is 1. The maximum Gasteiger partial charge on any atom is 0.142 e. The van der Waals surface area contributed by atoms with Gasteiger partial charge in [0.2, 0.25) is 0 Å². The topological polar surface area (TPSA) is 39.4 Å². The molecule has 1 saturated heterocycles. The molecule has 3 nitrogen and oxygen atoms in total. The van der Waals surface area contributed by atoms with Crippen molar-refractivity contribution in [1.82, 2.24) is 4.90 Å². The highest BCUT2D eigenvalue weighted by Crippen LogP contribution is 2.28. The van der Waals surface area contributed by atoms with Gasteiger partial charge in [-0.15, -0.1) is 0 Å². The van der Waals surface area contributed by atoms with E-state index in [0.717, 1.165) is 25.3 Å². The van der Waals surface area contributed by atoms with E-state index in [4.69, 9.17) is 5.26 Å². The molecule has 0 atom stereocenters. The minimum Gasteiger partial charge on any atom is -0.360 e. The van der Waals surface area contributed by atoms with Crippen molar-refractivity contribution in [2.24, 2.45) is 10.9 Å². The first-order chi connectivity index (χ1) is 7.72. The number of nitriles is 1. The van der Waals surface area contributed by atoms with Crippen LogP contribution in [-0.4, -0.2) is 23.8 Å². The molecule has 0 amide bonds. The van der Waals surface area contributed by atoms with Gasteiger partial charge in [0.15, 0.2) is 0 Å². The van der Waals surface area contributed by atoms with Crippen molar-refractivity contribution in [2.75, 3.05) is 13.1 Å². The Labute approximate surface area is 97.5 Å². The summed E-state index contributed by atoms with van der Waals surface area (Å²) in [6.45, 7) is 6.51. The molecule has 0 unspecified atom stereocenters. The number of hydrogen-bond acceptors (Lipinski definition) is 3. The van der Waals surface area contributed by atoms with Gasteiger partial charge in [-0.1, -0.05) is 13.8 Å². The van der Waals surface area contributed by atoms with E-state index < -0.39 is 0 Å². The third-order valence-electron chi connectivity index (χ3n) is 3.42. The molecule has 2 aliphatic rings. The first-order valence-corrected chi connectivity index (χ1v) is 6.18. The largest absolute Gasteiger partial charge is 0.360 e. The van der Waals surface area contributed by atoms with Crippen LogP contribution in [-0.2, 0) is 0 Å². The zero-order valence-corrected chi connectivity index (χ0v) is 10.2. The van der Waals surface area contributed by atoms with Crippen LogP contribution in [0.15, 0.2) is 16.3 Å². The molecule has 86 valence electrons. The molecule has 16 heavy (non-hydrogen) atoms. The van der Waals surface area contributed by atoms with Crippen LogP contribution in [0.25, 0.3) is 0 Å². The van der Waals surface area contributed by atoms with Gasteiger partial charge >= 0.3 is 0 Å². The molecule has 0 spiro atoms. The van der Waals surface area contributed by atoms with Crippen LogP contribution >= 0.6 is 0 Å². The zero-order chi connectivity index (χ0) is 11.5. The van der Waals surface area contributed by atoms with Crippen LogP contribution in [0.5, 0.6) is 0 Å². The highest BCUT2D eigenvalue weighted by atomic mass is 15.2. The van der Waals surface area contributed by atoms with Crippen molar-refractivity contribution >= 4 is 5.84 Å². The van der Waals surface area contributed by atoms with Gasteiger partial charge in [-0.3, -0.25) is 0 Å². The number of nitrogens with zero attached hydrogens (tertiary/aromatic N) is 3. The lowest BCUT2D eigenvalue weighted by Crippen LogP contribution is -2.35. The van der Waals surface area contributed by atoms with Gasteiger partial charge in [-0.25, -0.2) is 4.99 Å². The van der Waals surface area contributed by atoms with Crippen LogP contribution in [0.2, 0.25) is 0 Å². The quantitative estimate of drug-likeness (QED) is 0.677. The van der Waals surface area contributed by atoms with Gasteiger partial charge in [0, 0.05) is 19.5 Å². The fourth-order valence-corrected chi connectivity index (χ4v) is 2.40. The zero-order valence-electron chi connectivity index (χ0n) is 10.2. The first kappa shape index (κ1) is 11.2. The predicted octanol–water partition coefficient (Wildman–Crippen LogP) is 2.71. The average molecular weight is 217 g/mol. The number of hydrogen-bond donors (Lipinski definition) is 0. The summed E-state index contributed by atoms with van der Waals surface area (Å²) in [6.07, 6.45) is 4.75. The SMILES string of the molecule is CC(C)C1=C(C#N)N=C(N2CCCCC2)C1. The lowest BCUT2D eigenvalue weighted by Gasteiger charge is -2.28. The highest BCUT2D eigenvalue weighted by molar-refractivity contribution is 5.89. The molecule has 2 heterocycles. The van der Waals surface area contributed by atoms with Crippen molar-refractivity contribution in [3.05, 3.63) is 11.3 Å². The third kappa shape index (κ3) is 2.11. The standard InChI is InChI=1S/C13H19N3/c1-10(2)11-8-13(15-12(11)9-14)16-6-4-3-5-7-16/h10H,3-8H2,1-2H3. The fraction of sp³-hybridized carbons (Fsp3) is 0.692. The Morgan fingerprint density at radius 2 is 1.94 bits per heavy atom. The Hall–Kier alpha value is -1.30. The molecule has 0 aromatic rings. The second-order valence-electron chi connectivity index (χ2n) is 4.89. The van der Waals surface area contributed by atoms with E-state index in [2.05, 4.69) is 29.8 Å². The smallest absolute Gasteiger partial charge is 0.142 e. The summed E-state index contributed by atoms with van der Waals surface area (Å²) >= 11 is 0. The lowest BCUT2D eigenvalue weighted by molar-refractivity contribution is 0.338. The first-order valence-electron chi connectivity index (χ1n) is 6.18. The maximum absolute atomic E-state index is 9.07. The number of likely N-dealkylation sites (tertiary alicyclic amines) is 1. The Bertz CT molecular complexity index is 365. The van der Waals surface area contributed by atoms with Crippen molar-refractivity contribution in [3.63, 3.8) is 0 Å². The molecular formula is C13H19N3. The molecule has 0 bridgehead atoms. The average Bonchev–Trinajstić information content (AvgIpc) is 2.74. The van der Waals surface area contributed by atoms with Crippen molar-refractivity contribution in [2.45, 2.75) is 39.5 Å². The van der Waals surface area contributed by atoms with E-state index in [0.29, 0.717) is 11.6 Å². The van der Waals surface area contributed by atoms with E-state index in [1.807, 2.05) is 0 Å². The molecule has 3 heteroatoms. The second-order valence-corrected chi connectivity index (χ2v) is 4.89. The molecular weight excluding hydrogens is 198 g/mol. The second kappa shape index (κ2) is 4.69. The van der Waals surface area contributed by atoms with Crippen LogP contribution in [0.1, 0.15) is 39.5 Å². The van der Waals surface area contributed by atoms with Gasteiger partial charge in [-0.05, 0) is 30.8 Å². The minimum absolute atomic E-state index is 0.431. The van der Waals surface area contributed by atoms with Gasteiger partial charge in [0.25, 0.3) is 0 Å². The molecule has 0 aromatic heterocycles. The van der Waals surface area contributed by atoms with E-state index >= 15 is 0 Å². The minimum atomic E-state index is 0.431. The van der Waals surface area contributed by atoms with Gasteiger partial charge in [0.1, 0.15) is 17.6 Å². The summed E-state index contributed by atoms with van der Waals surface area (Å²) < 4.78 is 0. The van der Waals surface area contributed by atoms with Crippen LogP contribution in [0.4, 0.5) is 0 Å². The Balaban J connectivity index is 2.09. The monoisotopic (exact) mass is 217 g/mol. The van der Waals surface area contributed by atoms with Crippen LogP contribution < -0.4 is 0 Å². The molecule has 2 rings (SSSR count). The van der Waals surface area contributed by atoms with E-state index in [1.54, 1.807) is 0 Å². The van der Waals surface area contributed by atoms with Crippen molar-refractivity contribution in [1.29, 1.82) is 5.26 Å². The van der Waals surface area contributed by atoms with Gasteiger partial charge in [0.05, 0.1) is 0 Å². The van der Waals surface area contributed by atoms with Gasteiger partial charge in [-0.2, -0.15) is 5.26 Å². The molecule has 0 saturated carbocycles. The Morgan fingerprint density at radius 3 is 2.44 bits per heavy atom. The molecule has 0 aliphatic carbocycles. The highest BCUT2D eigenvalue weighted by Gasteiger charge is 2.24. The lowest BCUT2D eigenvalue weighted by atomic mass is 9.99. The van der Waals surface area contributed by atoms with Crippen LogP contribution in [0.3, 0.4) is 0 Å². The molecule has 1 fully saturated rings. The maximum atomic E-state index is 9.07. The summed E-state index contributed by atoms with van der Waals surface area (Å²) in [5.41, 5.74) is 1.87. The number of amidine groups is 1. The Morgan fingerprint density at radius 1 is 1.25 bits per heavy atom. The fourth-order valence-electron chi connectivity index (χ4n) is 2.40. The van der Waals surface area contributed by atoms with Crippen LogP contribution in [0, 0.1) is 17.2 Å². The number of piperidine rings is 1. The summed E-state index contributed by atoms with van der Waals surface area (Å²) in [5, 5.41) is 9.07. The molecule has 0 aromatic carbocycles. The third-order valence-corrected chi connectivity index (χ3v) is 3.42. The summed E-state index contributed by atoms with van der Waals surface area (Å²) in [4.78, 5) is 6.85. The molecule has 0 radical (unpaired) electrons. The number of rotatable bonds is 1. The molecule has 2 aliphatic heterocycles. The van der Waals surface area contributed by atoms with Crippen molar-refractivity contribution in [3.8, 4) is 6.07 Å².